The van der Waals surface area contributed by atoms with E-state index in [1.54, 1.807) is 44.0 Å². The highest BCUT2D eigenvalue weighted by Gasteiger charge is 2.23. The lowest BCUT2D eigenvalue weighted by Gasteiger charge is -2.19. The van der Waals surface area contributed by atoms with Gasteiger partial charge in [0.1, 0.15) is 11.5 Å². The molecule has 0 radical (unpaired) electrons. The third kappa shape index (κ3) is 2.96. The van der Waals surface area contributed by atoms with Gasteiger partial charge in [0.2, 0.25) is 6.41 Å². The van der Waals surface area contributed by atoms with Crippen LogP contribution in [-0.2, 0) is 4.79 Å². The lowest BCUT2D eigenvalue weighted by Crippen LogP contribution is -2.35. The zero-order valence-corrected chi connectivity index (χ0v) is 14.8. The van der Waals surface area contributed by atoms with Crippen molar-refractivity contribution in [3.05, 3.63) is 47.4 Å². The topological polar surface area (TPSA) is 57.9 Å². The van der Waals surface area contributed by atoms with Crippen molar-refractivity contribution in [2.75, 3.05) is 26.2 Å². The van der Waals surface area contributed by atoms with Crippen LogP contribution in [-0.4, -0.2) is 57.7 Å². The van der Waals surface area contributed by atoms with Crippen molar-refractivity contribution < 1.29 is 14.0 Å². The lowest BCUT2D eigenvalue weighted by atomic mass is 10.1. The number of aromatic nitrogens is 2. The van der Waals surface area contributed by atoms with Crippen LogP contribution in [0, 0.1) is 5.82 Å². The Labute approximate surface area is 153 Å². The van der Waals surface area contributed by atoms with Crippen LogP contribution < -0.4 is 0 Å². The van der Waals surface area contributed by atoms with Crippen LogP contribution in [0.15, 0.2) is 35.8 Å². The maximum Gasteiger partial charge on any atom is 0.271 e. The van der Waals surface area contributed by atoms with Gasteiger partial charge >= 0.3 is 0 Å². The van der Waals surface area contributed by atoms with Crippen LogP contribution in [0.5, 0.6) is 0 Å². The molecule has 0 unspecified atom stereocenters. The summed E-state index contributed by atoms with van der Waals surface area (Å²) in [4.78, 5) is 32.4. The van der Waals surface area contributed by atoms with Gasteiger partial charge in [0.05, 0.1) is 5.69 Å². The Morgan fingerprint density at radius 1 is 1.19 bits per heavy atom. The van der Waals surface area contributed by atoms with Crippen molar-refractivity contribution >= 4 is 28.6 Å². The van der Waals surface area contributed by atoms with Crippen LogP contribution >= 0.6 is 11.3 Å². The predicted octanol–water partition coefficient (Wildman–Crippen LogP) is 2.51. The molecule has 1 aromatic carbocycles. The minimum Gasteiger partial charge on any atom is -0.343 e. The van der Waals surface area contributed by atoms with Gasteiger partial charge in [-0.1, -0.05) is 12.1 Å². The summed E-state index contributed by atoms with van der Waals surface area (Å²) in [6.07, 6.45) is 3.28. The molecule has 2 aromatic heterocycles. The maximum atomic E-state index is 14.0. The van der Waals surface area contributed by atoms with Gasteiger partial charge in [0, 0.05) is 43.3 Å². The summed E-state index contributed by atoms with van der Waals surface area (Å²) < 4.78 is 15.7. The van der Waals surface area contributed by atoms with E-state index in [9.17, 15) is 14.0 Å². The highest BCUT2D eigenvalue weighted by atomic mass is 32.1. The first-order chi connectivity index (χ1) is 12.7. The van der Waals surface area contributed by atoms with Crippen molar-refractivity contribution in [1.82, 2.24) is 19.2 Å². The average molecular weight is 372 g/mol. The van der Waals surface area contributed by atoms with Crippen LogP contribution in [0.4, 0.5) is 4.39 Å². The van der Waals surface area contributed by atoms with E-state index in [0.717, 1.165) is 12.8 Å². The molecule has 0 aliphatic carbocycles. The van der Waals surface area contributed by atoms with Gasteiger partial charge in [-0.25, -0.2) is 9.37 Å². The van der Waals surface area contributed by atoms with Crippen LogP contribution in [0.3, 0.4) is 0 Å². The Kier molecular flexibility index (Phi) is 4.42. The normalized spacial score (nSPS) is 15.3. The monoisotopic (exact) mass is 372 g/mol. The van der Waals surface area contributed by atoms with Crippen LogP contribution in [0.2, 0.25) is 0 Å². The zero-order chi connectivity index (χ0) is 18.1. The fourth-order valence-electron chi connectivity index (χ4n) is 3.14. The molecule has 0 spiro atoms. The van der Waals surface area contributed by atoms with Crippen LogP contribution in [0.1, 0.15) is 16.9 Å². The summed E-state index contributed by atoms with van der Waals surface area (Å²) in [6.45, 7) is 2.31. The van der Waals surface area contributed by atoms with Crippen LogP contribution in [0.25, 0.3) is 16.2 Å². The predicted molar refractivity (Wildman–Crippen MR) is 96.6 cm³/mol. The number of hydrogen-bond acceptors (Lipinski definition) is 4. The average Bonchev–Trinajstić information content (AvgIpc) is 3.14. The summed E-state index contributed by atoms with van der Waals surface area (Å²) in [5.74, 6) is -0.436. The van der Waals surface area contributed by atoms with Gasteiger partial charge in [0.25, 0.3) is 5.91 Å². The van der Waals surface area contributed by atoms with Gasteiger partial charge in [0.15, 0.2) is 4.96 Å². The summed E-state index contributed by atoms with van der Waals surface area (Å²) in [7, 11) is 0. The molecule has 1 saturated heterocycles. The highest BCUT2D eigenvalue weighted by Crippen LogP contribution is 2.26. The number of amides is 2. The molecule has 0 saturated carbocycles. The number of rotatable bonds is 3. The first-order valence-corrected chi connectivity index (χ1v) is 9.25. The molecule has 4 rings (SSSR count). The third-order valence-electron chi connectivity index (χ3n) is 4.54. The summed E-state index contributed by atoms with van der Waals surface area (Å²) in [5, 5.41) is 1.78. The van der Waals surface area contributed by atoms with Crippen molar-refractivity contribution in [2.24, 2.45) is 0 Å². The summed E-state index contributed by atoms with van der Waals surface area (Å²) >= 11 is 1.35. The number of hydrogen-bond donors (Lipinski definition) is 0. The fraction of sp³-hybridized carbons (Fsp3) is 0.278. The van der Waals surface area contributed by atoms with E-state index in [4.69, 9.17) is 0 Å². The van der Waals surface area contributed by atoms with Crippen molar-refractivity contribution in [2.45, 2.75) is 6.42 Å². The molecule has 6 nitrogen and oxygen atoms in total. The van der Waals surface area contributed by atoms with Crippen molar-refractivity contribution in [3.63, 3.8) is 0 Å². The Balaban J connectivity index is 1.64. The van der Waals surface area contributed by atoms with Gasteiger partial charge in [-0.3, -0.25) is 14.0 Å². The van der Waals surface area contributed by atoms with Crippen molar-refractivity contribution in [1.29, 1.82) is 0 Å². The lowest BCUT2D eigenvalue weighted by molar-refractivity contribution is -0.118. The number of nitrogens with zero attached hydrogens (tertiary/aromatic N) is 4. The second-order valence-electron chi connectivity index (χ2n) is 6.17. The molecular weight excluding hydrogens is 355 g/mol. The highest BCUT2D eigenvalue weighted by molar-refractivity contribution is 7.15. The molecule has 8 heteroatoms. The molecular formula is C18H17FN4O2S. The van der Waals surface area contributed by atoms with Gasteiger partial charge in [-0.15, -0.1) is 11.3 Å². The van der Waals surface area contributed by atoms with Gasteiger partial charge in [-0.05, 0) is 18.6 Å². The molecule has 0 N–H and O–H groups in total. The number of fused-ring (bicyclic) bond motifs is 1. The first kappa shape index (κ1) is 16.7. The molecule has 1 aliphatic heterocycles. The molecule has 2 amide bonds. The summed E-state index contributed by atoms with van der Waals surface area (Å²) in [6, 6.07) is 6.46. The maximum absolute atomic E-state index is 14.0. The van der Waals surface area contributed by atoms with E-state index in [1.807, 2.05) is 0 Å². The molecule has 134 valence electrons. The SMILES string of the molecule is O=CN1CCCN(C(=O)c2csc3nc(-c4ccccc4F)cn23)CC1. The standard InChI is InChI=1S/C18H17FN4O2S/c19-14-5-2-1-4-13(14)15-10-23-16(11-26-18(23)20-15)17(25)22-7-3-6-21(12-24)8-9-22/h1-2,4-5,10-12H,3,6-9H2. The second-order valence-corrected chi connectivity index (χ2v) is 7.00. The first-order valence-electron chi connectivity index (χ1n) is 8.37. The largest absolute Gasteiger partial charge is 0.343 e. The zero-order valence-electron chi connectivity index (χ0n) is 14.0. The molecule has 1 fully saturated rings. The molecule has 3 heterocycles. The minimum absolute atomic E-state index is 0.0958. The van der Waals surface area contributed by atoms with E-state index >= 15 is 0 Å². The number of imidazole rings is 1. The number of carbonyl (C=O) groups excluding carboxylic acids is 2. The fourth-order valence-corrected chi connectivity index (χ4v) is 3.99. The number of carbonyl (C=O) groups is 2. The van der Waals surface area contributed by atoms with E-state index in [1.165, 1.54) is 17.4 Å². The van der Waals surface area contributed by atoms with E-state index in [-0.39, 0.29) is 11.7 Å². The summed E-state index contributed by atoms with van der Waals surface area (Å²) in [5.41, 5.74) is 1.44. The number of thiazole rings is 1. The minimum atomic E-state index is -0.340. The Bertz CT molecular complexity index is 967. The van der Waals surface area contributed by atoms with Gasteiger partial charge in [-0.2, -0.15) is 0 Å². The molecule has 0 bridgehead atoms. The second kappa shape index (κ2) is 6.87. The molecule has 1 aliphatic rings. The van der Waals surface area contributed by atoms with E-state index < -0.39 is 0 Å². The third-order valence-corrected chi connectivity index (χ3v) is 5.38. The Hall–Kier alpha value is -2.74. The number of halogens is 1. The quantitative estimate of drug-likeness (QED) is 0.664. The molecule has 3 aromatic rings. The number of benzene rings is 1. The molecule has 0 atom stereocenters. The van der Waals surface area contributed by atoms with Crippen molar-refractivity contribution in [3.8, 4) is 11.3 Å². The van der Waals surface area contributed by atoms with Gasteiger partial charge < -0.3 is 9.80 Å². The molecule has 26 heavy (non-hydrogen) atoms. The smallest absolute Gasteiger partial charge is 0.271 e. The Morgan fingerprint density at radius 3 is 2.85 bits per heavy atom. The van der Waals surface area contributed by atoms with E-state index in [2.05, 4.69) is 4.98 Å². The van der Waals surface area contributed by atoms with E-state index in [0.29, 0.717) is 48.1 Å². The Morgan fingerprint density at radius 2 is 2.04 bits per heavy atom.